The van der Waals surface area contributed by atoms with Crippen molar-refractivity contribution in [2.45, 2.75) is 40.2 Å². The molecular weight excluding hydrogens is 232 g/mol. The van der Waals surface area contributed by atoms with Crippen LogP contribution in [0.1, 0.15) is 35.5 Å². The number of carbonyl (C=O) groups is 2. The first kappa shape index (κ1) is 16.9. The lowest BCUT2D eigenvalue weighted by Gasteiger charge is -2.23. The first-order chi connectivity index (χ1) is 8.46. The number of hydrogen-bond donors (Lipinski definition) is 1. The van der Waals surface area contributed by atoms with Crippen LogP contribution in [0.25, 0.3) is 0 Å². The number of amides is 1. The summed E-state index contributed by atoms with van der Waals surface area (Å²) in [5.41, 5.74) is 0. The minimum Gasteiger partial charge on any atom is -0.453 e. The van der Waals surface area contributed by atoms with Crippen LogP contribution in [-0.4, -0.2) is 49.6 Å². The van der Waals surface area contributed by atoms with Crippen molar-refractivity contribution in [2.24, 2.45) is 5.92 Å². The smallest absolute Gasteiger partial charge is 0.407 e. The zero-order valence-electron chi connectivity index (χ0n) is 12.2. The average molecular weight is 260 g/mol. The minimum atomic E-state index is -0.548. The van der Waals surface area contributed by atoms with Crippen LogP contribution < -0.4 is 5.32 Å². The van der Waals surface area contributed by atoms with Gasteiger partial charge in [-0.05, 0) is 19.5 Å². The maximum absolute atomic E-state index is 12.0. The number of carbonyl (C=O) groups excluding carboxylic acids is 2. The van der Waals surface area contributed by atoms with E-state index in [-0.39, 0.29) is 13.1 Å². The summed E-state index contributed by atoms with van der Waals surface area (Å²) < 4.78 is 4.55. The van der Waals surface area contributed by atoms with Gasteiger partial charge in [-0.2, -0.15) is 0 Å². The molecule has 0 aromatic heterocycles. The van der Waals surface area contributed by atoms with E-state index in [0.717, 1.165) is 19.6 Å². The average Bonchev–Trinajstić information content (AvgIpc) is 2.37. The van der Waals surface area contributed by atoms with Crippen molar-refractivity contribution in [3.8, 4) is 0 Å². The summed E-state index contributed by atoms with van der Waals surface area (Å²) >= 11 is 0. The zero-order valence-corrected chi connectivity index (χ0v) is 12.2. The van der Waals surface area contributed by atoms with Gasteiger partial charge >= 0.3 is 6.09 Å². The minimum absolute atomic E-state index is 0. The van der Waals surface area contributed by atoms with E-state index in [4.69, 9.17) is 0 Å². The Balaban J connectivity index is 0. The first-order valence-corrected chi connectivity index (χ1v) is 6.56. The van der Waals surface area contributed by atoms with E-state index in [1.807, 2.05) is 13.8 Å². The molecule has 0 heterocycles. The van der Waals surface area contributed by atoms with Crippen LogP contribution in [0.3, 0.4) is 0 Å². The summed E-state index contributed by atoms with van der Waals surface area (Å²) in [4.78, 5) is 25.5. The molecule has 0 unspecified atom stereocenters. The highest BCUT2D eigenvalue weighted by molar-refractivity contribution is 5.88. The van der Waals surface area contributed by atoms with Crippen LogP contribution in [0.5, 0.6) is 0 Å². The van der Waals surface area contributed by atoms with E-state index in [0.29, 0.717) is 6.42 Å². The van der Waals surface area contributed by atoms with Gasteiger partial charge in [0.25, 0.3) is 0 Å². The third kappa shape index (κ3) is 6.00. The van der Waals surface area contributed by atoms with Gasteiger partial charge in [0.05, 0.1) is 13.2 Å². The highest BCUT2D eigenvalue weighted by Gasteiger charge is 2.23. The normalized spacial score (nSPS) is 12.6. The molecule has 1 N–H and O–H groups in total. The number of ether oxygens (including phenoxy) is 1. The first-order valence-electron chi connectivity index (χ1n) is 6.56. The Labute approximate surface area is 111 Å². The number of ketones is 1. The maximum Gasteiger partial charge on any atom is 0.407 e. The van der Waals surface area contributed by atoms with Gasteiger partial charge in [-0.15, -0.1) is 0 Å². The predicted octanol–water partition coefficient (Wildman–Crippen LogP) is 1.91. The van der Waals surface area contributed by atoms with Crippen LogP contribution in [-0.2, 0) is 9.53 Å². The molecule has 5 heteroatoms. The number of rotatable bonds is 8. The van der Waals surface area contributed by atoms with Crippen molar-refractivity contribution in [3.63, 3.8) is 0 Å². The van der Waals surface area contributed by atoms with Gasteiger partial charge in [-0.3, -0.25) is 4.79 Å². The largest absolute Gasteiger partial charge is 0.453 e. The molecule has 0 saturated carbocycles. The molecule has 0 rings (SSSR count). The second kappa shape index (κ2) is 8.91. The van der Waals surface area contributed by atoms with Crippen molar-refractivity contribution in [2.75, 3.05) is 26.7 Å². The van der Waals surface area contributed by atoms with Gasteiger partial charge in [0, 0.05) is 13.9 Å². The van der Waals surface area contributed by atoms with Gasteiger partial charge in [-0.25, -0.2) is 4.79 Å². The molecule has 0 aromatic rings. The van der Waals surface area contributed by atoms with E-state index >= 15 is 0 Å². The Morgan fingerprint density at radius 3 is 2.22 bits per heavy atom. The molecule has 0 saturated heterocycles. The molecule has 1 atom stereocenters. The van der Waals surface area contributed by atoms with Gasteiger partial charge in [0.15, 0.2) is 5.78 Å². The second-order valence-electron chi connectivity index (χ2n) is 4.56. The Kier molecular flexibility index (Phi) is 8.37. The van der Waals surface area contributed by atoms with Gasteiger partial charge in [0.2, 0.25) is 0 Å². The quantitative estimate of drug-likeness (QED) is 0.724. The Morgan fingerprint density at radius 1 is 1.28 bits per heavy atom. The fourth-order valence-corrected chi connectivity index (χ4v) is 1.74. The lowest BCUT2D eigenvalue weighted by molar-refractivity contribution is -0.124. The Bertz CT molecular complexity index is 269. The van der Waals surface area contributed by atoms with Crippen molar-refractivity contribution < 1.29 is 15.8 Å². The Hall–Kier alpha value is -1.10. The molecule has 5 nitrogen and oxygen atoms in total. The molecular formula is C13H28N2O3. The van der Waals surface area contributed by atoms with E-state index in [9.17, 15) is 9.59 Å². The molecule has 0 spiro atoms. The number of nitrogens with one attached hydrogen (secondary N) is 1. The molecule has 1 amide bonds. The van der Waals surface area contributed by atoms with Crippen LogP contribution in [0.15, 0.2) is 0 Å². The molecule has 0 bridgehead atoms. The highest BCUT2D eigenvalue weighted by atomic mass is 16.5. The maximum atomic E-state index is 12.0. The Morgan fingerprint density at radius 2 is 1.83 bits per heavy atom. The van der Waals surface area contributed by atoms with Crippen LogP contribution in [0, 0.1) is 5.92 Å². The highest BCUT2D eigenvalue weighted by Crippen LogP contribution is 2.05. The van der Waals surface area contributed by atoms with Crippen molar-refractivity contribution in [3.05, 3.63) is 0 Å². The van der Waals surface area contributed by atoms with E-state index in [2.05, 4.69) is 28.8 Å². The number of hydrogen-bond acceptors (Lipinski definition) is 4. The molecule has 0 aliphatic carbocycles. The van der Waals surface area contributed by atoms with Gasteiger partial charge in [0.1, 0.15) is 0 Å². The molecule has 0 aromatic carbocycles. The van der Waals surface area contributed by atoms with Crippen molar-refractivity contribution >= 4 is 11.9 Å². The van der Waals surface area contributed by atoms with Crippen molar-refractivity contribution in [1.82, 2.24) is 10.2 Å². The summed E-state index contributed by atoms with van der Waals surface area (Å²) in [6.45, 7) is 10.5. The standard InChI is InChI=1S/C13H26N2O3.H2/c1-6-15(7-2)9-8-11(12(16)10(3)4)14-13(17)18-5;/h10-11H,6-9H2,1-5H3,(H,14,17);1H/t11-;/m0./s1. The fourth-order valence-electron chi connectivity index (χ4n) is 1.74. The summed E-state index contributed by atoms with van der Waals surface area (Å²) in [6, 6.07) is -0.460. The molecule has 0 aliphatic heterocycles. The fraction of sp³-hybridized carbons (Fsp3) is 0.846. The lowest BCUT2D eigenvalue weighted by atomic mass is 9.99. The monoisotopic (exact) mass is 260 g/mol. The van der Waals surface area contributed by atoms with Crippen LogP contribution in [0.4, 0.5) is 4.79 Å². The number of alkyl carbamates (subject to hydrolysis) is 1. The van der Waals surface area contributed by atoms with Crippen molar-refractivity contribution in [1.29, 1.82) is 0 Å². The van der Waals surface area contributed by atoms with E-state index < -0.39 is 12.1 Å². The molecule has 18 heavy (non-hydrogen) atoms. The SMILES string of the molecule is CCN(CC)CC[C@H](NC(=O)OC)C(=O)C(C)C.[HH]. The summed E-state index contributed by atoms with van der Waals surface area (Å²) in [6.07, 6.45) is 0.0712. The molecule has 0 fully saturated rings. The third-order valence-corrected chi connectivity index (χ3v) is 3.02. The van der Waals surface area contributed by atoms with E-state index in [1.54, 1.807) is 0 Å². The lowest BCUT2D eigenvalue weighted by Crippen LogP contribution is -2.44. The zero-order chi connectivity index (χ0) is 14.1. The molecule has 108 valence electrons. The third-order valence-electron chi connectivity index (χ3n) is 3.02. The van der Waals surface area contributed by atoms with Crippen LogP contribution >= 0.6 is 0 Å². The molecule has 0 radical (unpaired) electrons. The van der Waals surface area contributed by atoms with Gasteiger partial charge in [-0.1, -0.05) is 27.7 Å². The number of methoxy groups -OCH3 is 1. The van der Waals surface area contributed by atoms with Gasteiger partial charge < -0.3 is 15.0 Å². The van der Waals surface area contributed by atoms with E-state index in [1.165, 1.54) is 7.11 Å². The summed E-state index contributed by atoms with van der Waals surface area (Å²) in [7, 11) is 1.30. The summed E-state index contributed by atoms with van der Waals surface area (Å²) in [5.74, 6) is -0.0450. The molecule has 0 aliphatic rings. The number of nitrogens with zero attached hydrogens (tertiary/aromatic N) is 1. The topological polar surface area (TPSA) is 58.6 Å². The predicted molar refractivity (Wildman–Crippen MR) is 73.7 cm³/mol. The van der Waals surface area contributed by atoms with Crippen LogP contribution in [0.2, 0.25) is 0 Å². The second-order valence-corrected chi connectivity index (χ2v) is 4.56. The number of Topliss-reactive ketones (excluding diaryl/α,β-unsaturated/α-hetero) is 1. The summed E-state index contributed by atoms with van der Waals surface area (Å²) in [5, 5.41) is 2.61.